The number of nitrogens with one attached hydrogen (secondary N) is 1. The van der Waals surface area contributed by atoms with Crippen molar-refractivity contribution in [2.45, 2.75) is 6.92 Å². The van der Waals surface area contributed by atoms with Gasteiger partial charge in [-0.25, -0.2) is 4.79 Å². The lowest BCUT2D eigenvalue weighted by molar-refractivity contribution is 0.0735. The maximum absolute atomic E-state index is 12.0. The summed E-state index contributed by atoms with van der Waals surface area (Å²) >= 11 is 0. The van der Waals surface area contributed by atoms with Crippen molar-refractivity contribution >= 4 is 5.97 Å². The minimum atomic E-state index is -0.446. The van der Waals surface area contributed by atoms with Crippen LogP contribution in [0.3, 0.4) is 0 Å². The number of H-pyrrole nitrogens is 1. The van der Waals surface area contributed by atoms with Crippen molar-refractivity contribution in [2.24, 2.45) is 0 Å². The van der Waals surface area contributed by atoms with E-state index in [9.17, 15) is 14.9 Å². The van der Waals surface area contributed by atoms with Crippen LogP contribution in [0.5, 0.6) is 5.75 Å². The molecule has 0 aliphatic rings. The minimum absolute atomic E-state index is 0.0552. The smallest absolute Gasteiger partial charge is 0.343 e. The molecule has 2 aromatic carbocycles. The SMILES string of the molecule is Cc1cc(-c2ccc(OC(=O)c3ccccc3)cc2)c(C#N)c(=O)[nH]1. The minimum Gasteiger partial charge on any atom is -0.423 e. The molecule has 1 N–H and O–H groups in total. The zero-order valence-corrected chi connectivity index (χ0v) is 13.4. The van der Waals surface area contributed by atoms with Crippen LogP contribution in [-0.4, -0.2) is 11.0 Å². The molecule has 122 valence electrons. The van der Waals surface area contributed by atoms with Crippen LogP contribution < -0.4 is 10.3 Å². The van der Waals surface area contributed by atoms with Gasteiger partial charge in [0.1, 0.15) is 17.4 Å². The third-order valence-corrected chi connectivity index (χ3v) is 3.67. The van der Waals surface area contributed by atoms with E-state index in [4.69, 9.17) is 4.74 Å². The molecule has 25 heavy (non-hydrogen) atoms. The predicted octanol–water partition coefficient (Wildman–Crippen LogP) is 3.44. The van der Waals surface area contributed by atoms with Crippen LogP contribution >= 0.6 is 0 Å². The summed E-state index contributed by atoms with van der Waals surface area (Å²) in [6, 6.07) is 19.1. The Morgan fingerprint density at radius 1 is 1.08 bits per heavy atom. The lowest BCUT2D eigenvalue weighted by atomic mass is 10.0. The Morgan fingerprint density at radius 2 is 1.76 bits per heavy atom. The largest absolute Gasteiger partial charge is 0.423 e. The highest BCUT2D eigenvalue weighted by atomic mass is 16.5. The highest BCUT2D eigenvalue weighted by Crippen LogP contribution is 2.24. The first kappa shape index (κ1) is 16.2. The standard InChI is InChI=1S/C20H14N2O3/c1-13-11-17(18(12-21)19(23)22-13)14-7-9-16(10-8-14)25-20(24)15-5-3-2-4-6-15/h2-11H,1H3,(H,22,23). The molecule has 0 saturated carbocycles. The molecule has 0 unspecified atom stereocenters. The quantitative estimate of drug-likeness (QED) is 0.589. The normalized spacial score (nSPS) is 10.1. The van der Waals surface area contributed by atoms with Gasteiger partial charge < -0.3 is 9.72 Å². The number of benzene rings is 2. The Hall–Kier alpha value is -3.65. The first-order valence-corrected chi connectivity index (χ1v) is 7.60. The summed E-state index contributed by atoms with van der Waals surface area (Å²) in [5.41, 5.74) is 2.01. The lowest BCUT2D eigenvalue weighted by Crippen LogP contribution is -2.12. The van der Waals surface area contributed by atoms with Gasteiger partial charge in [-0.05, 0) is 42.8 Å². The number of rotatable bonds is 3. The number of ether oxygens (including phenoxy) is 1. The molecule has 3 rings (SSSR count). The van der Waals surface area contributed by atoms with E-state index in [2.05, 4.69) is 4.98 Å². The fraction of sp³-hybridized carbons (Fsp3) is 0.0500. The number of esters is 1. The summed E-state index contributed by atoms with van der Waals surface area (Å²) in [5, 5.41) is 9.21. The molecule has 5 heteroatoms. The Balaban J connectivity index is 1.88. The van der Waals surface area contributed by atoms with Crippen molar-refractivity contribution in [1.82, 2.24) is 4.98 Å². The molecular formula is C20H14N2O3. The number of hydrogen-bond acceptors (Lipinski definition) is 4. The Morgan fingerprint density at radius 3 is 2.40 bits per heavy atom. The average molecular weight is 330 g/mol. The molecule has 0 fully saturated rings. The zero-order chi connectivity index (χ0) is 17.8. The van der Waals surface area contributed by atoms with Crippen LogP contribution in [0.1, 0.15) is 21.6 Å². The Labute approximate surface area is 144 Å². The van der Waals surface area contributed by atoms with E-state index in [0.29, 0.717) is 28.1 Å². The van der Waals surface area contributed by atoms with Gasteiger partial charge in [0.15, 0.2) is 0 Å². The monoisotopic (exact) mass is 330 g/mol. The van der Waals surface area contributed by atoms with Crippen LogP contribution in [0.15, 0.2) is 65.5 Å². The van der Waals surface area contributed by atoms with E-state index >= 15 is 0 Å². The van der Waals surface area contributed by atoms with Gasteiger partial charge in [-0.3, -0.25) is 4.79 Å². The molecule has 1 heterocycles. The van der Waals surface area contributed by atoms with Crippen LogP contribution in [0.4, 0.5) is 0 Å². The van der Waals surface area contributed by atoms with Gasteiger partial charge in [-0.2, -0.15) is 5.26 Å². The molecular weight excluding hydrogens is 316 g/mol. The number of aryl methyl sites for hydroxylation is 1. The topological polar surface area (TPSA) is 82.9 Å². The van der Waals surface area contributed by atoms with Crippen molar-refractivity contribution in [1.29, 1.82) is 5.26 Å². The van der Waals surface area contributed by atoms with Gasteiger partial charge in [-0.1, -0.05) is 30.3 Å². The third-order valence-electron chi connectivity index (χ3n) is 3.67. The second-order valence-corrected chi connectivity index (χ2v) is 5.46. The number of carbonyl (C=O) groups excluding carboxylic acids is 1. The fourth-order valence-electron chi connectivity index (χ4n) is 2.47. The van der Waals surface area contributed by atoms with Crippen LogP contribution in [-0.2, 0) is 0 Å². The lowest BCUT2D eigenvalue weighted by Gasteiger charge is -2.08. The first-order valence-electron chi connectivity index (χ1n) is 7.60. The van der Waals surface area contributed by atoms with Gasteiger partial charge in [0.2, 0.25) is 0 Å². The number of hydrogen-bond donors (Lipinski definition) is 1. The molecule has 3 aromatic rings. The Kier molecular flexibility index (Phi) is 4.44. The molecule has 0 saturated heterocycles. The van der Waals surface area contributed by atoms with Gasteiger partial charge in [0.05, 0.1) is 5.56 Å². The summed E-state index contributed by atoms with van der Waals surface area (Å²) in [7, 11) is 0. The van der Waals surface area contributed by atoms with Gasteiger partial charge in [0, 0.05) is 11.3 Å². The Bertz CT molecular complexity index is 1010. The van der Waals surface area contributed by atoms with Crippen molar-refractivity contribution in [3.8, 4) is 22.9 Å². The van der Waals surface area contributed by atoms with Crippen molar-refractivity contribution in [3.05, 3.63) is 87.8 Å². The summed E-state index contributed by atoms with van der Waals surface area (Å²) in [6.07, 6.45) is 0. The van der Waals surface area contributed by atoms with E-state index in [1.54, 1.807) is 61.5 Å². The second-order valence-electron chi connectivity index (χ2n) is 5.46. The van der Waals surface area contributed by atoms with Gasteiger partial charge in [-0.15, -0.1) is 0 Å². The molecule has 0 radical (unpaired) electrons. The van der Waals surface area contributed by atoms with E-state index in [0.717, 1.165) is 0 Å². The zero-order valence-electron chi connectivity index (χ0n) is 13.4. The number of nitrogens with zero attached hydrogens (tertiary/aromatic N) is 1. The number of carbonyl (C=O) groups is 1. The van der Waals surface area contributed by atoms with Crippen molar-refractivity contribution in [2.75, 3.05) is 0 Å². The molecule has 0 spiro atoms. The molecule has 0 aliphatic carbocycles. The van der Waals surface area contributed by atoms with Crippen LogP contribution in [0.2, 0.25) is 0 Å². The molecule has 5 nitrogen and oxygen atoms in total. The van der Waals surface area contributed by atoms with Crippen LogP contribution in [0, 0.1) is 18.3 Å². The van der Waals surface area contributed by atoms with Crippen LogP contribution in [0.25, 0.3) is 11.1 Å². The van der Waals surface area contributed by atoms with E-state index < -0.39 is 11.5 Å². The van der Waals surface area contributed by atoms with Crippen molar-refractivity contribution in [3.63, 3.8) is 0 Å². The number of nitriles is 1. The number of pyridine rings is 1. The van der Waals surface area contributed by atoms with Gasteiger partial charge in [0.25, 0.3) is 5.56 Å². The maximum atomic E-state index is 12.0. The highest BCUT2D eigenvalue weighted by Gasteiger charge is 2.11. The molecule has 0 bridgehead atoms. The van der Waals surface area contributed by atoms with Gasteiger partial charge >= 0.3 is 5.97 Å². The summed E-state index contributed by atoms with van der Waals surface area (Å²) in [5.74, 6) is -0.0595. The second kappa shape index (κ2) is 6.85. The number of aromatic amines is 1. The molecule has 1 aromatic heterocycles. The summed E-state index contributed by atoms with van der Waals surface area (Å²) in [4.78, 5) is 26.5. The van der Waals surface area contributed by atoms with E-state index in [1.807, 2.05) is 12.1 Å². The van der Waals surface area contributed by atoms with E-state index in [1.165, 1.54) is 0 Å². The molecule has 0 amide bonds. The first-order chi connectivity index (χ1) is 12.1. The average Bonchev–Trinajstić information content (AvgIpc) is 2.62. The summed E-state index contributed by atoms with van der Waals surface area (Å²) in [6.45, 7) is 1.75. The third kappa shape index (κ3) is 3.48. The predicted molar refractivity (Wildman–Crippen MR) is 93.4 cm³/mol. The number of aromatic nitrogens is 1. The fourth-order valence-corrected chi connectivity index (χ4v) is 2.47. The van der Waals surface area contributed by atoms with E-state index in [-0.39, 0.29) is 5.56 Å². The highest BCUT2D eigenvalue weighted by molar-refractivity contribution is 5.91. The maximum Gasteiger partial charge on any atom is 0.343 e. The summed E-state index contributed by atoms with van der Waals surface area (Å²) < 4.78 is 5.32. The van der Waals surface area contributed by atoms with Crippen molar-refractivity contribution < 1.29 is 9.53 Å². The molecule has 0 aliphatic heterocycles. The molecule has 0 atom stereocenters.